The minimum atomic E-state index is -0.514. The van der Waals surface area contributed by atoms with Crippen LogP contribution in [0.3, 0.4) is 0 Å². The number of methoxy groups -OCH3 is 1. The maximum Gasteiger partial charge on any atom is 0.335 e. The van der Waals surface area contributed by atoms with Crippen LogP contribution in [0, 0.1) is 0 Å². The van der Waals surface area contributed by atoms with Crippen molar-refractivity contribution in [1.29, 1.82) is 0 Å². The highest BCUT2D eigenvalue weighted by Gasteiger charge is 2.27. The van der Waals surface area contributed by atoms with E-state index in [4.69, 9.17) is 23.8 Å². The number of alkyl halides is 1. The summed E-state index contributed by atoms with van der Waals surface area (Å²) in [6, 6.07) is 0. The molecule has 15 heavy (non-hydrogen) atoms. The van der Waals surface area contributed by atoms with Gasteiger partial charge in [-0.1, -0.05) is 0 Å². The maximum atomic E-state index is 11.3. The zero-order valence-electron chi connectivity index (χ0n) is 7.78. The first-order chi connectivity index (χ1) is 7.11. The van der Waals surface area contributed by atoms with E-state index in [0.29, 0.717) is 16.4 Å². The van der Waals surface area contributed by atoms with Gasteiger partial charge in [0.1, 0.15) is 0 Å². The highest BCUT2D eigenvalue weighted by Crippen LogP contribution is 2.23. The van der Waals surface area contributed by atoms with Gasteiger partial charge in [0, 0.05) is 0 Å². The molecule has 1 atom stereocenters. The van der Waals surface area contributed by atoms with Crippen LogP contribution in [0.15, 0.2) is 28.4 Å². The second-order valence-electron chi connectivity index (χ2n) is 3.00. The molecule has 1 unspecified atom stereocenters. The van der Waals surface area contributed by atoms with Crippen LogP contribution in [0.2, 0.25) is 0 Å². The van der Waals surface area contributed by atoms with Crippen molar-refractivity contribution in [3.8, 4) is 0 Å². The summed E-state index contributed by atoms with van der Waals surface area (Å²) < 4.78 is 4.61. The molecule has 1 aliphatic carbocycles. The number of esters is 1. The van der Waals surface area contributed by atoms with Gasteiger partial charge < -0.3 is 10.1 Å². The molecule has 0 spiro atoms. The van der Waals surface area contributed by atoms with Gasteiger partial charge in [0.25, 0.3) is 0 Å². The van der Waals surface area contributed by atoms with E-state index in [1.165, 1.54) is 7.11 Å². The van der Waals surface area contributed by atoms with Crippen molar-refractivity contribution in [2.45, 2.75) is 5.38 Å². The average Bonchev–Trinajstić information content (AvgIpc) is 2.55. The molecule has 6 heteroatoms. The minimum absolute atomic E-state index is 0.369. The molecule has 78 valence electrons. The molecule has 4 nitrogen and oxygen atoms in total. The fourth-order valence-electron chi connectivity index (χ4n) is 1.37. The smallest absolute Gasteiger partial charge is 0.335 e. The van der Waals surface area contributed by atoms with Gasteiger partial charge in [-0.15, -0.1) is 11.6 Å². The molecule has 0 amide bonds. The van der Waals surface area contributed by atoms with Crippen molar-refractivity contribution in [1.82, 2.24) is 5.32 Å². The highest BCUT2D eigenvalue weighted by atomic mass is 35.5. The number of carbonyl (C=O) groups excluding carboxylic acids is 1. The van der Waals surface area contributed by atoms with Crippen molar-refractivity contribution >= 4 is 40.6 Å². The van der Waals surface area contributed by atoms with Gasteiger partial charge in [0.05, 0.1) is 29.5 Å². The largest absolute Gasteiger partial charge is 0.466 e. The second-order valence-corrected chi connectivity index (χ2v) is 3.86. The molecule has 0 aromatic carbocycles. The lowest BCUT2D eigenvalue weighted by molar-refractivity contribution is -0.136. The molecule has 0 fully saturated rings. The predicted octanol–water partition coefficient (Wildman–Crippen LogP) is 0.920. The number of ether oxygens (including phenoxy) is 1. The maximum absolute atomic E-state index is 11.3. The monoisotopic (exact) mass is 242 g/mol. The zero-order chi connectivity index (χ0) is 11.0. The van der Waals surface area contributed by atoms with Gasteiger partial charge >= 0.3 is 5.97 Å². The molecule has 0 radical (unpaired) electrons. The van der Waals surface area contributed by atoms with Gasteiger partial charge in [-0.2, -0.15) is 0 Å². The number of hydrogen-bond acceptors (Lipinski definition) is 3. The Hall–Kier alpha value is -1.20. The molecule has 1 N–H and O–H groups in total. The lowest BCUT2D eigenvalue weighted by Crippen LogP contribution is -2.23. The van der Waals surface area contributed by atoms with E-state index in [2.05, 4.69) is 15.0 Å². The Morgan fingerprint density at radius 1 is 1.73 bits per heavy atom. The van der Waals surface area contributed by atoms with Crippen LogP contribution in [0.5, 0.6) is 0 Å². The number of carbonyl (C=O) groups is 1. The summed E-state index contributed by atoms with van der Waals surface area (Å²) in [5, 5.41) is 2.73. The number of nitrogens with zero attached hydrogens (tertiary/aromatic N) is 1. The second kappa shape index (κ2) is 3.75. The third-order valence-corrected chi connectivity index (χ3v) is 2.62. The number of aliphatic imine (C=N–C) groups is 1. The summed E-state index contributed by atoms with van der Waals surface area (Å²) >= 11 is 10.9. The van der Waals surface area contributed by atoms with E-state index in [-0.39, 0.29) is 0 Å². The van der Waals surface area contributed by atoms with Crippen LogP contribution < -0.4 is 5.32 Å². The topological polar surface area (TPSA) is 50.7 Å². The minimum Gasteiger partial charge on any atom is -0.466 e. The summed E-state index contributed by atoms with van der Waals surface area (Å²) in [5.41, 5.74) is 1.73. The first-order valence-corrected chi connectivity index (χ1v) is 5.02. The zero-order valence-corrected chi connectivity index (χ0v) is 9.35. The van der Waals surface area contributed by atoms with Crippen molar-refractivity contribution in [2.24, 2.45) is 4.99 Å². The average molecular weight is 243 g/mol. The van der Waals surface area contributed by atoms with Gasteiger partial charge in [0.15, 0.2) is 5.11 Å². The van der Waals surface area contributed by atoms with Crippen LogP contribution >= 0.6 is 23.8 Å². The number of rotatable bonds is 1. The third kappa shape index (κ3) is 1.80. The van der Waals surface area contributed by atoms with Crippen molar-refractivity contribution < 1.29 is 9.53 Å². The SMILES string of the molecule is COC(=O)C1=CC2=NC(=S)NC2=CC1Cl. The Labute approximate surface area is 96.7 Å². The Balaban J connectivity index is 2.37. The van der Waals surface area contributed by atoms with Crippen LogP contribution in [0.4, 0.5) is 0 Å². The Bertz CT molecular complexity index is 439. The fraction of sp³-hybridized carbons (Fsp3) is 0.222. The lowest BCUT2D eigenvalue weighted by atomic mass is 10.0. The Kier molecular flexibility index (Phi) is 2.58. The van der Waals surface area contributed by atoms with E-state index in [9.17, 15) is 4.79 Å². The molecule has 0 saturated heterocycles. The number of nitrogens with one attached hydrogen (secondary N) is 1. The first kappa shape index (κ1) is 10.3. The predicted molar refractivity (Wildman–Crippen MR) is 61.0 cm³/mol. The molecular weight excluding hydrogens is 236 g/mol. The van der Waals surface area contributed by atoms with Crippen LogP contribution in [-0.4, -0.2) is 29.3 Å². The number of halogens is 1. The van der Waals surface area contributed by atoms with Gasteiger partial charge in [0.2, 0.25) is 0 Å². The Morgan fingerprint density at radius 3 is 3.13 bits per heavy atom. The molecule has 1 aliphatic heterocycles. The number of fused-ring (bicyclic) bond motifs is 1. The molecule has 0 aromatic heterocycles. The van der Waals surface area contributed by atoms with E-state index < -0.39 is 11.3 Å². The third-order valence-electron chi connectivity index (χ3n) is 2.06. The molecule has 2 aliphatic rings. The summed E-state index contributed by atoms with van der Waals surface area (Å²) in [7, 11) is 1.31. The fourth-order valence-corrected chi connectivity index (χ4v) is 1.85. The quantitative estimate of drug-likeness (QED) is 0.422. The highest BCUT2D eigenvalue weighted by molar-refractivity contribution is 7.80. The standard InChI is InChI=1S/C9H7ClN2O2S/c1-14-8(13)4-2-6-7(3-5(4)10)12-9(15)11-6/h2-3,5H,1H3,(H,12,15). The van der Waals surface area contributed by atoms with Crippen molar-refractivity contribution in [3.05, 3.63) is 23.4 Å². The van der Waals surface area contributed by atoms with E-state index in [1.54, 1.807) is 12.2 Å². The molecule has 1 heterocycles. The van der Waals surface area contributed by atoms with Crippen molar-refractivity contribution in [2.75, 3.05) is 7.11 Å². The van der Waals surface area contributed by atoms with Crippen molar-refractivity contribution in [3.63, 3.8) is 0 Å². The molecule has 2 rings (SSSR count). The number of allylic oxidation sites excluding steroid dienone is 2. The molecule has 0 bridgehead atoms. The molecular formula is C9H7ClN2O2S. The molecule has 0 saturated carbocycles. The summed E-state index contributed by atoms with van der Waals surface area (Å²) in [4.78, 5) is 15.4. The van der Waals surface area contributed by atoms with Gasteiger partial charge in [-0.3, -0.25) is 0 Å². The van der Waals surface area contributed by atoms with Crippen LogP contribution in [0.1, 0.15) is 0 Å². The normalized spacial score (nSPS) is 23.5. The van der Waals surface area contributed by atoms with E-state index in [1.807, 2.05) is 0 Å². The van der Waals surface area contributed by atoms with E-state index in [0.717, 1.165) is 5.70 Å². The van der Waals surface area contributed by atoms with Crippen LogP contribution in [-0.2, 0) is 9.53 Å². The summed E-state index contributed by atoms with van der Waals surface area (Å²) in [6.07, 6.45) is 3.27. The summed E-state index contributed by atoms with van der Waals surface area (Å²) in [6.45, 7) is 0. The number of thiocarbonyl (C=S) groups is 1. The molecule has 0 aromatic rings. The van der Waals surface area contributed by atoms with Gasteiger partial charge in [-0.05, 0) is 24.4 Å². The number of hydrogen-bond donors (Lipinski definition) is 1. The van der Waals surface area contributed by atoms with E-state index >= 15 is 0 Å². The van der Waals surface area contributed by atoms with Crippen LogP contribution in [0.25, 0.3) is 0 Å². The first-order valence-electron chi connectivity index (χ1n) is 4.17. The Morgan fingerprint density at radius 2 is 2.47 bits per heavy atom. The lowest BCUT2D eigenvalue weighted by Gasteiger charge is -2.14. The van der Waals surface area contributed by atoms with Gasteiger partial charge in [-0.25, -0.2) is 9.79 Å². The summed E-state index contributed by atoms with van der Waals surface area (Å²) in [5.74, 6) is -0.453.